The van der Waals surface area contributed by atoms with Crippen LogP contribution in [0.2, 0.25) is 0 Å². The summed E-state index contributed by atoms with van der Waals surface area (Å²) < 4.78 is 1.89. The number of carboxylic acids is 1. The van der Waals surface area contributed by atoms with E-state index in [1.807, 2.05) is 11.6 Å². The summed E-state index contributed by atoms with van der Waals surface area (Å²) in [6, 6.07) is -0.315. The van der Waals surface area contributed by atoms with Crippen LogP contribution in [0.25, 0.3) is 0 Å². The van der Waals surface area contributed by atoms with Gasteiger partial charge < -0.3 is 15.3 Å². The number of aliphatic carboxylic acids is 1. The Kier molecular flexibility index (Phi) is 3.92. The number of aryl methyl sites for hydroxylation is 2. The molecule has 1 aliphatic carbocycles. The van der Waals surface area contributed by atoms with Crippen molar-refractivity contribution in [1.82, 2.24) is 25.0 Å². The van der Waals surface area contributed by atoms with Gasteiger partial charge in [-0.15, -0.1) is 0 Å². The van der Waals surface area contributed by atoms with Crippen molar-refractivity contribution in [2.75, 3.05) is 13.1 Å². The van der Waals surface area contributed by atoms with Crippen molar-refractivity contribution in [1.29, 1.82) is 0 Å². The van der Waals surface area contributed by atoms with Gasteiger partial charge in [-0.3, -0.25) is 4.79 Å². The zero-order valence-electron chi connectivity index (χ0n) is 14.6. The molecule has 0 radical (unpaired) electrons. The van der Waals surface area contributed by atoms with E-state index in [1.54, 1.807) is 4.90 Å². The minimum absolute atomic E-state index is 0.0810. The average Bonchev–Trinajstić information content (AvgIpc) is 3.26. The Labute approximate surface area is 146 Å². The molecule has 0 spiro atoms. The number of likely N-dealkylation sites (tertiary alicyclic amines) is 1. The predicted molar refractivity (Wildman–Crippen MR) is 88.9 cm³/mol. The van der Waals surface area contributed by atoms with Gasteiger partial charge in [-0.1, -0.05) is 13.3 Å². The largest absolute Gasteiger partial charge is 0.481 e. The minimum Gasteiger partial charge on any atom is -0.481 e. The van der Waals surface area contributed by atoms with Crippen molar-refractivity contribution >= 4 is 12.0 Å². The van der Waals surface area contributed by atoms with E-state index in [9.17, 15) is 14.7 Å². The molecule has 1 saturated heterocycles. The van der Waals surface area contributed by atoms with Gasteiger partial charge >= 0.3 is 12.0 Å². The van der Waals surface area contributed by atoms with Crippen LogP contribution in [-0.2, 0) is 17.8 Å². The first-order chi connectivity index (χ1) is 12.0. The standard InChI is InChI=1S/C17H25N5O3/c1-2-13-19-14-12(6-4-8-22(14)20-13)18-16(25)21-9-11-5-3-7-17(11,10-21)15(23)24/h11-12H,2-10H2,1H3,(H,18,25)(H,23,24)/t11-,12?,17+/m0/s1. The van der Waals surface area contributed by atoms with Gasteiger partial charge in [0.25, 0.3) is 0 Å². The molecule has 2 aliphatic heterocycles. The van der Waals surface area contributed by atoms with Gasteiger partial charge in [0.05, 0.1) is 11.5 Å². The maximum Gasteiger partial charge on any atom is 0.318 e. The van der Waals surface area contributed by atoms with Gasteiger partial charge in [-0.25, -0.2) is 14.5 Å². The number of amides is 2. The quantitative estimate of drug-likeness (QED) is 0.864. The number of rotatable bonds is 3. The average molecular weight is 347 g/mol. The highest BCUT2D eigenvalue weighted by molar-refractivity contribution is 5.80. The fraction of sp³-hybridized carbons (Fsp3) is 0.765. The molecule has 3 atom stereocenters. The van der Waals surface area contributed by atoms with E-state index in [-0.39, 0.29) is 18.0 Å². The molecule has 3 heterocycles. The van der Waals surface area contributed by atoms with Gasteiger partial charge in [-0.2, -0.15) is 5.10 Å². The zero-order chi connectivity index (χ0) is 17.6. The maximum atomic E-state index is 12.8. The number of carboxylic acid groups (broad SMARTS) is 1. The van der Waals surface area contributed by atoms with Gasteiger partial charge in [-0.05, 0) is 31.6 Å². The Morgan fingerprint density at radius 1 is 1.36 bits per heavy atom. The van der Waals surface area contributed by atoms with E-state index in [0.717, 1.165) is 50.3 Å². The summed E-state index contributed by atoms with van der Waals surface area (Å²) in [5.41, 5.74) is -0.737. The van der Waals surface area contributed by atoms with E-state index in [2.05, 4.69) is 15.4 Å². The summed E-state index contributed by atoms with van der Waals surface area (Å²) in [5, 5.41) is 17.2. The normalized spacial score (nSPS) is 30.8. The zero-order valence-corrected chi connectivity index (χ0v) is 14.6. The molecule has 4 rings (SSSR count). The van der Waals surface area contributed by atoms with Crippen molar-refractivity contribution in [2.45, 2.75) is 58.0 Å². The summed E-state index contributed by atoms with van der Waals surface area (Å²) in [4.78, 5) is 30.8. The SMILES string of the molecule is CCc1nc2n(n1)CCCC2NC(=O)N1C[C@@H]2CCC[C@@]2(C(=O)O)C1. The number of aromatic nitrogens is 3. The third-order valence-corrected chi connectivity index (χ3v) is 6.12. The van der Waals surface area contributed by atoms with Crippen molar-refractivity contribution in [2.24, 2.45) is 11.3 Å². The molecule has 25 heavy (non-hydrogen) atoms. The van der Waals surface area contributed by atoms with E-state index in [0.29, 0.717) is 19.5 Å². The molecule has 8 nitrogen and oxygen atoms in total. The smallest absolute Gasteiger partial charge is 0.318 e. The summed E-state index contributed by atoms with van der Waals surface area (Å²) in [7, 11) is 0. The molecule has 2 amide bonds. The van der Waals surface area contributed by atoms with E-state index in [1.165, 1.54) is 0 Å². The maximum absolute atomic E-state index is 12.8. The molecule has 8 heteroatoms. The fourth-order valence-electron chi connectivity index (χ4n) is 4.72. The lowest BCUT2D eigenvalue weighted by Crippen LogP contribution is -2.44. The molecule has 1 unspecified atom stereocenters. The molecule has 2 fully saturated rings. The number of nitrogens with zero attached hydrogens (tertiary/aromatic N) is 4. The van der Waals surface area contributed by atoms with Crippen molar-refractivity contribution in [3.8, 4) is 0 Å². The van der Waals surface area contributed by atoms with E-state index < -0.39 is 11.4 Å². The monoisotopic (exact) mass is 347 g/mol. The predicted octanol–water partition coefficient (Wildman–Crippen LogP) is 1.57. The summed E-state index contributed by atoms with van der Waals surface area (Å²) in [5.74, 6) is 0.952. The molecule has 1 aromatic rings. The topological polar surface area (TPSA) is 100 Å². The van der Waals surface area contributed by atoms with Gasteiger partial charge in [0.15, 0.2) is 5.82 Å². The lowest BCUT2D eigenvalue weighted by molar-refractivity contribution is -0.149. The number of hydrogen-bond acceptors (Lipinski definition) is 4. The van der Waals surface area contributed by atoms with Crippen molar-refractivity contribution in [3.63, 3.8) is 0 Å². The second-order valence-corrected chi connectivity index (χ2v) is 7.54. The number of fused-ring (bicyclic) bond motifs is 2. The van der Waals surface area contributed by atoms with Crippen LogP contribution >= 0.6 is 0 Å². The number of nitrogens with one attached hydrogen (secondary N) is 1. The molecule has 2 N–H and O–H groups in total. The molecule has 1 aromatic heterocycles. The third-order valence-electron chi connectivity index (χ3n) is 6.12. The van der Waals surface area contributed by atoms with Crippen molar-refractivity contribution < 1.29 is 14.7 Å². The third kappa shape index (κ3) is 2.58. The molecule has 1 saturated carbocycles. The Hall–Kier alpha value is -2.12. The number of urea groups is 1. The molecule has 0 aromatic carbocycles. The van der Waals surface area contributed by atoms with Gasteiger partial charge in [0.1, 0.15) is 5.82 Å². The van der Waals surface area contributed by atoms with Gasteiger partial charge in [0.2, 0.25) is 0 Å². The summed E-state index contributed by atoms with van der Waals surface area (Å²) in [6.07, 6.45) is 5.08. The Morgan fingerprint density at radius 3 is 2.92 bits per heavy atom. The lowest BCUT2D eigenvalue weighted by atomic mass is 9.81. The summed E-state index contributed by atoms with van der Waals surface area (Å²) >= 11 is 0. The van der Waals surface area contributed by atoms with Crippen molar-refractivity contribution in [3.05, 3.63) is 11.6 Å². The molecule has 136 valence electrons. The highest BCUT2D eigenvalue weighted by Crippen LogP contribution is 2.48. The summed E-state index contributed by atoms with van der Waals surface area (Å²) in [6.45, 7) is 3.71. The first-order valence-electron chi connectivity index (χ1n) is 9.26. The van der Waals surface area contributed by atoms with E-state index in [4.69, 9.17) is 0 Å². The first kappa shape index (κ1) is 16.4. The van der Waals surface area contributed by atoms with Crippen LogP contribution in [0.15, 0.2) is 0 Å². The first-order valence-corrected chi connectivity index (χ1v) is 9.26. The lowest BCUT2D eigenvalue weighted by Gasteiger charge is -2.27. The van der Waals surface area contributed by atoms with Crippen LogP contribution in [0.5, 0.6) is 0 Å². The number of carbonyl (C=O) groups is 2. The minimum atomic E-state index is -0.754. The Morgan fingerprint density at radius 2 is 2.20 bits per heavy atom. The highest BCUT2D eigenvalue weighted by atomic mass is 16.4. The molecular formula is C17H25N5O3. The van der Waals surface area contributed by atoms with E-state index >= 15 is 0 Å². The van der Waals surface area contributed by atoms with Crippen LogP contribution in [0.1, 0.15) is 56.7 Å². The molecule has 0 bridgehead atoms. The van der Waals surface area contributed by atoms with Gasteiger partial charge in [0, 0.05) is 26.1 Å². The second kappa shape index (κ2) is 6.00. The van der Waals surface area contributed by atoms with Crippen LogP contribution in [0.4, 0.5) is 4.79 Å². The molecular weight excluding hydrogens is 322 g/mol. The Bertz CT molecular complexity index is 702. The number of hydrogen-bond donors (Lipinski definition) is 2. The second-order valence-electron chi connectivity index (χ2n) is 7.54. The fourth-order valence-corrected chi connectivity index (χ4v) is 4.72. The van der Waals surface area contributed by atoms with Crippen LogP contribution in [-0.4, -0.2) is 49.9 Å². The highest BCUT2D eigenvalue weighted by Gasteiger charge is 2.56. The Balaban J connectivity index is 1.47. The number of carbonyl (C=O) groups excluding carboxylic acids is 1. The van der Waals surface area contributed by atoms with Crippen LogP contribution in [0, 0.1) is 11.3 Å². The molecule has 3 aliphatic rings. The van der Waals surface area contributed by atoms with Crippen LogP contribution < -0.4 is 5.32 Å². The van der Waals surface area contributed by atoms with Crippen LogP contribution in [0.3, 0.4) is 0 Å².